The van der Waals surface area contributed by atoms with Crippen molar-refractivity contribution in [2.24, 2.45) is 5.92 Å². The normalized spacial score (nSPS) is 22.2. The molecule has 2 saturated heterocycles. The summed E-state index contributed by atoms with van der Waals surface area (Å²) in [5, 5.41) is 8.31. The van der Waals surface area contributed by atoms with Crippen molar-refractivity contribution in [3.8, 4) is 39.4 Å². The van der Waals surface area contributed by atoms with Crippen LogP contribution in [0, 0.1) is 5.92 Å². The molecule has 2 fully saturated rings. The molecular formula is C46H58N8O8. The summed E-state index contributed by atoms with van der Waals surface area (Å²) in [6.07, 6.45) is 7.50. The highest BCUT2D eigenvalue weighted by atomic mass is 16.5. The summed E-state index contributed by atoms with van der Waals surface area (Å²) in [7, 11) is 2.57. The van der Waals surface area contributed by atoms with E-state index in [2.05, 4.69) is 79.8 Å². The Hall–Kier alpha value is -5.90. The fraction of sp³-hybridized carbons (Fsp3) is 0.522. The number of nitrogens with one attached hydrogen (secondary N) is 5. The fourth-order valence-corrected chi connectivity index (χ4v) is 9.83. The minimum absolute atomic E-state index is 0.0264. The molecule has 4 aromatic rings. The quantitative estimate of drug-likeness (QED) is 0.101. The SMILES string of the molecule is CCCCC(NC(=O)CNC(=O)OC)c1ncc(-c2ccc3c(c2)COc2cc4c(cc2-3)CCc2[nH]c(C3CCC(C)N3C(=O)C(NC(=O)OC)C3CC(C)OC(C)C3)nc2-4)[nH]1. The van der Waals surface area contributed by atoms with Crippen molar-refractivity contribution in [3.63, 3.8) is 0 Å². The Bertz CT molecular complexity index is 2310. The van der Waals surface area contributed by atoms with Crippen molar-refractivity contribution in [3.05, 3.63) is 65.0 Å². The van der Waals surface area contributed by atoms with E-state index in [4.69, 9.17) is 19.2 Å². The zero-order valence-electron chi connectivity index (χ0n) is 36.4. The number of hydrogen-bond donors (Lipinski definition) is 5. The van der Waals surface area contributed by atoms with E-state index in [-0.39, 0.29) is 54.6 Å². The number of fused-ring (bicyclic) bond motifs is 6. The average Bonchev–Trinajstić information content (AvgIpc) is 4.03. The molecule has 5 N–H and O–H groups in total. The van der Waals surface area contributed by atoms with E-state index in [1.165, 1.54) is 19.8 Å². The van der Waals surface area contributed by atoms with Gasteiger partial charge in [0.05, 0.1) is 56.1 Å². The van der Waals surface area contributed by atoms with Gasteiger partial charge in [-0.15, -0.1) is 0 Å². The monoisotopic (exact) mass is 850 g/mol. The van der Waals surface area contributed by atoms with Crippen LogP contribution in [-0.4, -0.2) is 93.9 Å². The van der Waals surface area contributed by atoms with Gasteiger partial charge in [0.2, 0.25) is 11.8 Å². The standard InChI is InChI=1S/C46H58N8O8/c1-7-8-9-35(49-39(55)22-48-45(57)59-5)42-47-21-36(51-42)28-11-13-31-30(18-28)23-61-38-20-32-27(19-33(31)38)12-14-34-41(32)52-43(50-34)37-15-10-24(2)54(37)44(56)40(53-46(58)60-6)29-16-25(3)62-26(4)17-29/h11,13,18-21,24-26,29,35,37,40H,7-10,12,14-17,22-23H2,1-6H3,(H,47,51)(H,48,57)(H,49,55)(H,50,52)(H,53,58). The number of carbonyl (C=O) groups is 4. The first-order valence-corrected chi connectivity index (χ1v) is 21.9. The third-order valence-electron chi connectivity index (χ3n) is 12.8. The first-order valence-electron chi connectivity index (χ1n) is 21.9. The maximum Gasteiger partial charge on any atom is 0.407 e. The Labute approximate surface area is 361 Å². The second-order valence-corrected chi connectivity index (χ2v) is 17.2. The van der Waals surface area contributed by atoms with Crippen LogP contribution < -0.4 is 20.7 Å². The first kappa shape index (κ1) is 42.8. The average molecular weight is 851 g/mol. The van der Waals surface area contributed by atoms with Crippen LogP contribution in [0.1, 0.15) is 113 Å². The highest BCUT2D eigenvalue weighted by Gasteiger charge is 2.45. The number of aryl methyl sites for hydroxylation is 2. The van der Waals surface area contributed by atoms with E-state index >= 15 is 0 Å². The lowest BCUT2D eigenvalue weighted by Crippen LogP contribution is -2.55. The number of H-pyrrole nitrogens is 2. The Morgan fingerprint density at radius 2 is 1.71 bits per heavy atom. The number of rotatable bonds is 12. The second-order valence-electron chi connectivity index (χ2n) is 17.2. The second kappa shape index (κ2) is 18.2. The number of hydrogen-bond acceptors (Lipinski definition) is 10. The van der Waals surface area contributed by atoms with Crippen LogP contribution >= 0.6 is 0 Å². The molecule has 330 valence electrons. The number of aromatic amines is 2. The van der Waals surface area contributed by atoms with E-state index in [0.29, 0.717) is 31.7 Å². The number of imidazole rings is 2. The van der Waals surface area contributed by atoms with E-state index in [1.54, 1.807) is 6.20 Å². The maximum atomic E-state index is 14.6. The lowest BCUT2D eigenvalue weighted by molar-refractivity contribution is -0.140. The van der Waals surface area contributed by atoms with Crippen LogP contribution in [-0.2, 0) is 43.2 Å². The van der Waals surface area contributed by atoms with Crippen molar-refractivity contribution < 1.29 is 38.1 Å². The topological polar surface area (TPSA) is 202 Å². The Morgan fingerprint density at radius 3 is 2.47 bits per heavy atom. The van der Waals surface area contributed by atoms with E-state index in [1.807, 2.05) is 18.7 Å². The predicted octanol–water partition coefficient (Wildman–Crippen LogP) is 6.81. The van der Waals surface area contributed by atoms with Gasteiger partial charge in [-0.2, -0.15) is 0 Å². The van der Waals surface area contributed by atoms with Gasteiger partial charge in [-0.25, -0.2) is 19.6 Å². The lowest BCUT2D eigenvalue weighted by Gasteiger charge is -2.39. The van der Waals surface area contributed by atoms with Crippen molar-refractivity contribution in [2.75, 3.05) is 20.8 Å². The first-order chi connectivity index (χ1) is 29.9. The maximum absolute atomic E-state index is 14.6. The van der Waals surface area contributed by atoms with Crippen LogP contribution in [0.15, 0.2) is 36.5 Å². The summed E-state index contributed by atoms with van der Waals surface area (Å²) >= 11 is 0. The van der Waals surface area contributed by atoms with E-state index in [9.17, 15) is 19.2 Å². The molecule has 6 unspecified atom stereocenters. The molecule has 8 rings (SSSR count). The number of amides is 4. The van der Waals surface area contributed by atoms with Gasteiger partial charge in [-0.1, -0.05) is 31.9 Å². The molecule has 5 heterocycles. The summed E-state index contributed by atoms with van der Waals surface area (Å²) in [5.41, 5.74) is 9.12. The third-order valence-corrected chi connectivity index (χ3v) is 12.8. The summed E-state index contributed by atoms with van der Waals surface area (Å²) in [4.78, 5) is 70.2. The molecule has 62 heavy (non-hydrogen) atoms. The molecule has 16 nitrogen and oxygen atoms in total. The molecule has 1 aliphatic carbocycles. The number of benzene rings is 2. The molecule has 4 aliphatic rings. The summed E-state index contributed by atoms with van der Waals surface area (Å²) in [6, 6.07) is 9.29. The minimum atomic E-state index is -0.740. The molecule has 2 aromatic carbocycles. The van der Waals surface area contributed by atoms with Crippen LogP contribution in [0.4, 0.5) is 9.59 Å². The van der Waals surface area contributed by atoms with Crippen molar-refractivity contribution in [1.82, 2.24) is 40.8 Å². The minimum Gasteiger partial charge on any atom is -0.488 e. The predicted molar refractivity (Wildman–Crippen MR) is 230 cm³/mol. The van der Waals surface area contributed by atoms with Gasteiger partial charge in [0.1, 0.15) is 36.6 Å². The van der Waals surface area contributed by atoms with Crippen LogP contribution in [0.2, 0.25) is 0 Å². The van der Waals surface area contributed by atoms with Gasteiger partial charge in [0.25, 0.3) is 0 Å². The highest BCUT2D eigenvalue weighted by Crippen LogP contribution is 2.46. The van der Waals surface area contributed by atoms with Gasteiger partial charge in [0.15, 0.2) is 0 Å². The Kier molecular flexibility index (Phi) is 12.6. The number of unbranched alkanes of at least 4 members (excludes halogenated alkanes) is 1. The van der Waals surface area contributed by atoms with Crippen LogP contribution in [0.5, 0.6) is 5.75 Å². The Morgan fingerprint density at radius 1 is 0.919 bits per heavy atom. The third kappa shape index (κ3) is 8.74. The molecule has 4 amide bonds. The number of nitrogens with zero attached hydrogens (tertiary/aromatic N) is 3. The number of likely N-dealkylation sites (tertiary alicyclic amines) is 1. The zero-order chi connectivity index (χ0) is 43.7. The van der Waals surface area contributed by atoms with Gasteiger partial charge < -0.3 is 49.8 Å². The number of aromatic nitrogens is 4. The molecule has 0 spiro atoms. The molecule has 3 aliphatic heterocycles. The van der Waals surface area contributed by atoms with Crippen LogP contribution in [0.3, 0.4) is 0 Å². The van der Waals surface area contributed by atoms with E-state index < -0.39 is 18.2 Å². The van der Waals surface area contributed by atoms with Crippen molar-refractivity contribution in [2.45, 2.75) is 128 Å². The number of carbonyl (C=O) groups excluding carboxylic acids is 4. The summed E-state index contributed by atoms with van der Waals surface area (Å²) in [6.45, 7) is 8.38. The van der Waals surface area contributed by atoms with Gasteiger partial charge in [-0.05, 0) is 112 Å². The van der Waals surface area contributed by atoms with E-state index in [0.717, 1.165) is 95.0 Å². The number of ether oxygens (including phenoxy) is 4. The zero-order valence-corrected chi connectivity index (χ0v) is 36.4. The van der Waals surface area contributed by atoms with Gasteiger partial charge in [-0.3, -0.25) is 9.59 Å². The number of methoxy groups -OCH3 is 2. The molecule has 16 heteroatoms. The molecule has 0 radical (unpaired) electrons. The van der Waals surface area contributed by atoms with Crippen molar-refractivity contribution >= 4 is 24.0 Å². The van der Waals surface area contributed by atoms with Crippen LogP contribution in [0.25, 0.3) is 33.6 Å². The fourth-order valence-electron chi connectivity index (χ4n) is 9.83. The van der Waals surface area contributed by atoms with Gasteiger partial charge in [0, 0.05) is 22.9 Å². The summed E-state index contributed by atoms with van der Waals surface area (Å²) < 4.78 is 22.0. The lowest BCUT2D eigenvalue weighted by atomic mass is 9.85. The molecule has 2 aromatic heterocycles. The number of alkyl carbamates (subject to hydrolysis) is 2. The molecule has 6 atom stereocenters. The molecule has 0 bridgehead atoms. The highest BCUT2D eigenvalue weighted by molar-refractivity contribution is 5.87. The summed E-state index contributed by atoms with van der Waals surface area (Å²) in [5.74, 6) is 1.67. The molecular weight excluding hydrogens is 793 g/mol. The largest absolute Gasteiger partial charge is 0.488 e. The molecule has 0 saturated carbocycles. The van der Waals surface area contributed by atoms with Gasteiger partial charge >= 0.3 is 12.2 Å². The van der Waals surface area contributed by atoms with Crippen molar-refractivity contribution in [1.29, 1.82) is 0 Å². The Balaban J connectivity index is 1.01. The smallest absolute Gasteiger partial charge is 0.407 e.